The number of aliphatic hydroxyl groups excluding tert-OH is 1. The zero-order chi connectivity index (χ0) is 10.6. The van der Waals surface area contributed by atoms with E-state index in [4.69, 9.17) is 5.11 Å². The molecule has 1 aliphatic rings. The average Bonchev–Trinajstić information content (AvgIpc) is 2.07. The molecule has 6 heteroatoms. The summed E-state index contributed by atoms with van der Waals surface area (Å²) in [7, 11) is -1.72. The van der Waals surface area contributed by atoms with E-state index in [1.165, 1.54) is 7.11 Å². The quantitative estimate of drug-likeness (QED) is 0.626. The highest BCUT2D eigenvalue weighted by molar-refractivity contribution is 7.89. The highest BCUT2D eigenvalue weighted by Gasteiger charge is 2.27. The van der Waals surface area contributed by atoms with Crippen molar-refractivity contribution in [1.82, 2.24) is 4.72 Å². The minimum Gasteiger partial charge on any atom is -0.393 e. The Hall–Kier alpha value is -0.170. The smallest absolute Gasteiger partial charge is 0.213 e. The van der Waals surface area contributed by atoms with Crippen molar-refractivity contribution in [3.8, 4) is 0 Å². The molecule has 0 radical (unpaired) electrons. The normalized spacial score (nSPS) is 27.3. The SMILES string of the molecule is COCCS(=O)(=O)NCC1CC(O)C1. The second-order valence-electron chi connectivity index (χ2n) is 3.65. The summed E-state index contributed by atoms with van der Waals surface area (Å²) in [6.45, 7) is 0.645. The van der Waals surface area contributed by atoms with E-state index in [0.717, 1.165) is 0 Å². The number of hydrogen-bond donors (Lipinski definition) is 2. The first-order valence-electron chi connectivity index (χ1n) is 4.68. The van der Waals surface area contributed by atoms with E-state index >= 15 is 0 Å². The molecule has 0 aromatic rings. The van der Waals surface area contributed by atoms with Gasteiger partial charge in [-0.25, -0.2) is 13.1 Å². The first kappa shape index (κ1) is 11.9. The fourth-order valence-corrected chi connectivity index (χ4v) is 2.40. The first-order chi connectivity index (χ1) is 6.53. The average molecular weight is 223 g/mol. The molecule has 0 aromatic carbocycles. The summed E-state index contributed by atoms with van der Waals surface area (Å²) in [5.74, 6) is 0.293. The zero-order valence-corrected chi connectivity index (χ0v) is 9.09. The molecule has 0 aromatic heterocycles. The molecule has 2 N–H and O–H groups in total. The van der Waals surface area contributed by atoms with E-state index < -0.39 is 10.0 Å². The van der Waals surface area contributed by atoms with Crippen molar-refractivity contribution in [2.75, 3.05) is 26.0 Å². The lowest BCUT2D eigenvalue weighted by molar-refractivity contribution is 0.0453. The maximum Gasteiger partial charge on any atom is 0.213 e. The molecule has 1 fully saturated rings. The van der Waals surface area contributed by atoms with E-state index in [1.54, 1.807) is 0 Å². The van der Waals surface area contributed by atoms with Crippen LogP contribution in [-0.2, 0) is 14.8 Å². The summed E-state index contributed by atoms with van der Waals surface area (Å²) in [5, 5.41) is 8.99. The number of sulfonamides is 1. The Kier molecular flexibility index (Phi) is 4.31. The van der Waals surface area contributed by atoms with Crippen LogP contribution in [0.4, 0.5) is 0 Å². The van der Waals surface area contributed by atoms with Crippen LogP contribution in [0, 0.1) is 5.92 Å². The van der Waals surface area contributed by atoms with Crippen LogP contribution in [0.3, 0.4) is 0 Å². The van der Waals surface area contributed by atoms with Crippen molar-refractivity contribution >= 4 is 10.0 Å². The van der Waals surface area contributed by atoms with Gasteiger partial charge in [0.15, 0.2) is 0 Å². The van der Waals surface area contributed by atoms with Crippen LogP contribution in [-0.4, -0.2) is 45.6 Å². The number of rotatable bonds is 6. The second kappa shape index (κ2) is 5.06. The third-order valence-electron chi connectivity index (χ3n) is 2.36. The van der Waals surface area contributed by atoms with E-state index in [9.17, 15) is 8.42 Å². The van der Waals surface area contributed by atoms with Gasteiger partial charge in [-0.1, -0.05) is 0 Å². The van der Waals surface area contributed by atoms with Crippen molar-refractivity contribution in [2.45, 2.75) is 18.9 Å². The Morgan fingerprint density at radius 3 is 2.64 bits per heavy atom. The molecular formula is C8H17NO4S. The lowest BCUT2D eigenvalue weighted by atomic mass is 9.83. The van der Waals surface area contributed by atoms with E-state index in [2.05, 4.69) is 9.46 Å². The van der Waals surface area contributed by atoms with Gasteiger partial charge in [0.1, 0.15) is 0 Å². The number of hydrogen-bond acceptors (Lipinski definition) is 4. The summed E-state index contributed by atoms with van der Waals surface area (Å²) in [6.07, 6.45) is 1.17. The number of ether oxygens (including phenoxy) is 1. The van der Waals surface area contributed by atoms with E-state index in [1.807, 2.05) is 0 Å². The van der Waals surface area contributed by atoms with Crippen molar-refractivity contribution in [1.29, 1.82) is 0 Å². The van der Waals surface area contributed by atoms with Gasteiger partial charge in [0.2, 0.25) is 10.0 Å². The number of methoxy groups -OCH3 is 1. The molecule has 0 unspecified atom stereocenters. The molecule has 0 atom stereocenters. The largest absolute Gasteiger partial charge is 0.393 e. The third-order valence-corrected chi connectivity index (χ3v) is 3.67. The molecule has 0 bridgehead atoms. The van der Waals surface area contributed by atoms with Gasteiger partial charge in [-0.3, -0.25) is 0 Å². The van der Waals surface area contributed by atoms with Gasteiger partial charge in [0, 0.05) is 13.7 Å². The third kappa shape index (κ3) is 3.91. The van der Waals surface area contributed by atoms with E-state index in [-0.39, 0.29) is 18.5 Å². The van der Waals surface area contributed by atoms with E-state index in [0.29, 0.717) is 25.3 Å². The van der Waals surface area contributed by atoms with Crippen LogP contribution in [0.2, 0.25) is 0 Å². The summed E-state index contributed by atoms with van der Waals surface area (Å²) in [6, 6.07) is 0. The highest BCUT2D eigenvalue weighted by atomic mass is 32.2. The van der Waals surface area contributed by atoms with Gasteiger partial charge < -0.3 is 9.84 Å². The Balaban J connectivity index is 2.16. The minimum atomic E-state index is -3.19. The molecule has 1 rings (SSSR count). The fraction of sp³-hybridized carbons (Fsp3) is 1.00. The Bertz CT molecular complexity index is 259. The van der Waals surface area contributed by atoms with Crippen molar-refractivity contribution in [3.05, 3.63) is 0 Å². The number of nitrogens with one attached hydrogen (secondary N) is 1. The summed E-state index contributed by atoms with van der Waals surface area (Å²) >= 11 is 0. The summed E-state index contributed by atoms with van der Waals surface area (Å²) in [4.78, 5) is 0. The molecule has 0 heterocycles. The van der Waals surface area contributed by atoms with Crippen LogP contribution in [0.5, 0.6) is 0 Å². The molecule has 0 spiro atoms. The molecule has 14 heavy (non-hydrogen) atoms. The van der Waals surface area contributed by atoms with Gasteiger partial charge in [-0.15, -0.1) is 0 Å². The first-order valence-corrected chi connectivity index (χ1v) is 6.33. The second-order valence-corrected chi connectivity index (χ2v) is 5.58. The van der Waals surface area contributed by atoms with Crippen LogP contribution in [0.1, 0.15) is 12.8 Å². The number of aliphatic hydroxyl groups is 1. The lowest BCUT2D eigenvalue weighted by Gasteiger charge is -2.31. The van der Waals surface area contributed by atoms with Gasteiger partial charge >= 0.3 is 0 Å². The molecule has 1 saturated carbocycles. The lowest BCUT2D eigenvalue weighted by Crippen LogP contribution is -2.39. The fourth-order valence-electron chi connectivity index (χ4n) is 1.38. The van der Waals surface area contributed by atoms with Crippen LogP contribution in [0.25, 0.3) is 0 Å². The Labute approximate surface area is 84.5 Å². The topological polar surface area (TPSA) is 75.6 Å². The van der Waals surface area contributed by atoms with Crippen molar-refractivity contribution in [2.24, 2.45) is 5.92 Å². The van der Waals surface area contributed by atoms with Crippen LogP contribution >= 0.6 is 0 Å². The monoisotopic (exact) mass is 223 g/mol. The Morgan fingerprint density at radius 1 is 1.50 bits per heavy atom. The minimum absolute atomic E-state index is 0.00122. The van der Waals surface area contributed by atoms with Gasteiger partial charge in [-0.05, 0) is 18.8 Å². The van der Waals surface area contributed by atoms with Crippen molar-refractivity contribution < 1.29 is 18.3 Å². The highest BCUT2D eigenvalue weighted by Crippen LogP contribution is 2.26. The van der Waals surface area contributed by atoms with Gasteiger partial charge in [-0.2, -0.15) is 0 Å². The molecule has 84 valence electrons. The zero-order valence-electron chi connectivity index (χ0n) is 8.27. The molecule has 0 amide bonds. The predicted molar refractivity (Wildman–Crippen MR) is 52.4 cm³/mol. The molecule has 5 nitrogen and oxygen atoms in total. The van der Waals surface area contributed by atoms with Crippen LogP contribution in [0.15, 0.2) is 0 Å². The van der Waals surface area contributed by atoms with Crippen molar-refractivity contribution in [3.63, 3.8) is 0 Å². The standard InChI is InChI=1S/C8H17NO4S/c1-13-2-3-14(11,12)9-6-7-4-8(10)5-7/h7-10H,2-6H2,1H3. The Morgan fingerprint density at radius 2 is 2.14 bits per heavy atom. The molecule has 0 saturated heterocycles. The predicted octanol–water partition coefficient (Wildman–Crippen LogP) is -0.677. The summed E-state index contributed by atoms with van der Waals surface area (Å²) in [5.41, 5.74) is 0. The van der Waals surface area contributed by atoms with Crippen LogP contribution < -0.4 is 4.72 Å². The maximum atomic E-state index is 11.3. The molecule has 0 aliphatic heterocycles. The molecular weight excluding hydrogens is 206 g/mol. The van der Waals surface area contributed by atoms with Gasteiger partial charge in [0.25, 0.3) is 0 Å². The summed E-state index contributed by atoms with van der Waals surface area (Å²) < 4.78 is 29.7. The maximum absolute atomic E-state index is 11.3. The molecule has 1 aliphatic carbocycles. The van der Waals surface area contributed by atoms with Gasteiger partial charge in [0.05, 0.1) is 18.5 Å².